The maximum atomic E-state index is 12.1. The Bertz CT molecular complexity index is 660. The number of benzene rings is 2. The number of halogens is 1. The molecule has 0 spiro atoms. The van der Waals surface area contributed by atoms with Gasteiger partial charge in [0.1, 0.15) is 5.75 Å². The van der Waals surface area contributed by atoms with Crippen LogP contribution in [0.15, 0.2) is 53.4 Å². The molecule has 0 aliphatic carbocycles. The van der Waals surface area contributed by atoms with Gasteiger partial charge in [-0.25, -0.2) is 0 Å². The number of carbonyl (C=O) groups is 1. The monoisotopic (exact) mass is 333 g/mol. The van der Waals surface area contributed by atoms with E-state index in [1.54, 1.807) is 24.3 Å². The summed E-state index contributed by atoms with van der Waals surface area (Å²) < 4.78 is 5.48. The number of carbonyl (C=O) groups excluding carboxylic acids is 1. The third-order valence-electron chi connectivity index (χ3n) is 3.48. The Morgan fingerprint density at radius 2 is 2.00 bits per heavy atom. The summed E-state index contributed by atoms with van der Waals surface area (Å²) in [6.07, 6.45) is 0.939. The van der Waals surface area contributed by atoms with Crippen molar-refractivity contribution in [1.82, 2.24) is 5.32 Å². The first kappa shape index (κ1) is 15.3. The molecule has 3 rings (SSSR count). The second kappa shape index (κ2) is 7.07. The number of fused-ring (bicyclic) bond motifs is 1. The number of hydrogen-bond donors (Lipinski definition) is 1. The lowest BCUT2D eigenvalue weighted by Crippen LogP contribution is -2.34. The normalized spacial score (nSPS) is 16.7. The first-order valence-corrected chi connectivity index (χ1v) is 8.48. The molecular weight excluding hydrogens is 318 g/mol. The van der Waals surface area contributed by atoms with Crippen LogP contribution in [0.5, 0.6) is 5.75 Å². The first-order chi connectivity index (χ1) is 10.7. The molecule has 3 nitrogen and oxygen atoms in total. The fraction of sp³-hybridized carbons (Fsp3) is 0.235. The number of amides is 1. The van der Waals surface area contributed by atoms with E-state index in [9.17, 15) is 4.79 Å². The Hall–Kier alpha value is -1.65. The summed E-state index contributed by atoms with van der Waals surface area (Å²) in [4.78, 5) is 13.3. The van der Waals surface area contributed by atoms with E-state index in [-0.39, 0.29) is 18.6 Å². The molecular formula is C17H16ClNO2S. The van der Waals surface area contributed by atoms with E-state index in [2.05, 4.69) is 17.4 Å². The van der Waals surface area contributed by atoms with E-state index < -0.39 is 0 Å². The van der Waals surface area contributed by atoms with Crippen molar-refractivity contribution in [3.05, 3.63) is 59.1 Å². The number of rotatable bonds is 4. The highest BCUT2D eigenvalue weighted by atomic mass is 35.5. The molecule has 5 heteroatoms. The van der Waals surface area contributed by atoms with Gasteiger partial charge in [0.25, 0.3) is 5.91 Å². The summed E-state index contributed by atoms with van der Waals surface area (Å²) in [6.45, 7) is 0.00738. The lowest BCUT2D eigenvalue weighted by molar-refractivity contribution is -0.123. The second-order valence-corrected chi connectivity index (χ2v) is 6.61. The van der Waals surface area contributed by atoms with Crippen LogP contribution in [0.25, 0.3) is 0 Å². The van der Waals surface area contributed by atoms with Crippen molar-refractivity contribution in [2.75, 3.05) is 12.4 Å². The molecule has 1 unspecified atom stereocenters. The minimum atomic E-state index is -0.110. The average Bonchev–Trinajstić information content (AvgIpc) is 2.55. The fourth-order valence-electron chi connectivity index (χ4n) is 2.41. The third kappa shape index (κ3) is 3.76. The van der Waals surface area contributed by atoms with Gasteiger partial charge in [0, 0.05) is 15.7 Å². The fourth-order valence-corrected chi connectivity index (χ4v) is 3.66. The average molecular weight is 334 g/mol. The zero-order valence-corrected chi connectivity index (χ0v) is 13.5. The smallest absolute Gasteiger partial charge is 0.258 e. The molecule has 0 bridgehead atoms. The van der Waals surface area contributed by atoms with Crippen LogP contribution in [0.2, 0.25) is 5.02 Å². The maximum Gasteiger partial charge on any atom is 0.258 e. The largest absolute Gasteiger partial charge is 0.484 e. The van der Waals surface area contributed by atoms with Crippen LogP contribution < -0.4 is 10.1 Å². The second-order valence-electron chi connectivity index (χ2n) is 5.04. The Kier molecular flexibility index (Phi) is 4.90. The summed E-state index contributed by atoms with van der Waals surface area (Å²) >= 11 is 7.65. The van der Waals surface area contributed by atoms with Gasteiger partial charge in [0.15, 0.2) is 6.61 Å². The van der Waals surface area contributed by atoms with E-state index in [4.69, 9.17) is 16.3 Å². The summed E-state index contributed by atoms with van der Waals surface area (Å²) in [5.74, 6) is 1.54. The van der Waals surface area contributed by atoms with E-state index >= 15 is 0 Å². The molecule has 2 aromatic carbocycles. The highest BCUT2D eigenvalue weighted by Gasteiger charge is 2.21. The highest BCUT2D eigenvalue weighted by Crippen LogP contribution is 2.35. The van der Waals surface area contributed by atoms with Crippen molar-refractivity contribution in [1.29, 1.82) is 0 Å². The summed E-state index contributed by atoms with van der Waals surface area (Å²) in [6, 6.07) is 15.3. The number of nitrogens with one attached hydrogen (secondary N) is 1. The minimum absolute atomic E-state index is 0.00738. The molecule has 1 aliphatic heterocycles. The zero-order valence-electron chi connectivity index (χ0n) is 11.9. The van der Waals surface area contributed by atoms with Crippen LogP contribution in [-0.2, 0) is 4.79 Å². The summed E-state index contributed by atoms with van der Waals surface area (Å²) in [5, 5.41) is 3.70. The molecule has 0 saturated heterocycles. The van der Waals surface area contributed by atoms with Gasteiger partial charge in [-0.05, 0) is 42.3 Å². The van der Waals surface area contributed by atoms with Gasteiger partial charge in [-0.1, -0.05) is 29.8 Å². The van der Waals surface area contributed by atoms with Gasteiger partial charge in [0.2, 0.25) is 0 Å². The van der Waals surface area contributed by atoms with Crippen LogP contribution in [0.1, 0.15) is 18.0 Å². The lowest BCUT2D eigenvalue weighted by Gasteiger charge is -2.25. The summed E-state index contributed by atoms with van der Waals surface area (Å²) in [5.41, 5.74) is 1.19. The van der Waals surface area contributed by atoms with Crippen LogP contribution >= 0.6 is 23.4 Å². The molecule has 1 amide bonds. The topological polar surface area (TPSA) is 38.3 Å². The number of ether oxygens (including phenoxy) is 1. The Labute approximate surface area is 139 Å². The molecule has 1 atom stereocenters. The molecule has 0 radical (unpaired) electrons. The highest BCUT2D eigenvalue weighted by molar-refractivity contribution is 7.99. The van der Waals surface area contributed by atoms with Crippen molar-refractivity contribution in [3.8, 4) is 5.75 Å². The van der Waals surface area contributed by atoms with Crippen LogP contribution in [0, 0.1) is 0 Å². The zero-order chi connectivity index (χ0) is 15.4. The van der Waals surface area contributed by atoms with Crippen molar-refractivity contribution in [2.45, 2.75) is 17.4 Å². The Morgan fingerprint density at radius 1 is 1.23 bits per heavy atom. The minimum Gasteiger partial charge on any atom is -0.484 e. The van der Waals surface area contributed by atoms with Crippen LogP contribution in [-0.4, -0.2) is 18.3 Å². The molecule has 0 saturated carbocycles. The third-order valence-corrected chi connectivity index (χ3v) is 4.85. The van der Waals surface area contributed by atoms with Crippen molar-refractivity contribution in [3.63, 3.8) is 0 Å². The molecule has 1 heterocycles. The van der Waals surface area contributed by atoms with Gasteiger partial charge in [-0.2, -0.15) is 0 Å². The van der Waals surface area contributed by atoms with Crippen LogP contribution in [0.3, 0.4) is 0 Å². The van der Waals surface area contributed by atoms with Crippen molar-refractivity contribution < 1.29 is 9.53 Å². The Morgan fingerprint density at radius 3 is 2.82 bits per heavy atom. The summed E-state index contributed by atoms with van der Waals surface area (Å²) in [7, 11) is 0. The van der Waals surface area contributed by atoms with E-state index in [1.807, 2.05) is 23.9 Å². The van der Waals surface area contributed by atoms with Gasteiger partial charge in [-0.3, -0.25) is 4.79 Å². The van der Waals surface area contributed by atoms with Gasteiger partial charge in [-0.15, -0.1) is 11.8 Å². The molecule has 1 aliphatic rings. The molecule has 22 heavy (non-hydrogen) atoms. The van der Waals surface area contributed by atoms with Crippen molar-refractivity contribution >= 4 is 29.3 Å². The standard InChI is InChI=1S/C17H16ClNO2S/c18-12-5-7-13(8-6-12)21-11-17(20)19-15-9-10-22-16-4-2-1-3-14(15)16/h1-8,15H,9-11H2,(H,19,20). The SMILES string of the molecule is O=C(COc1ccc(Cl)cc1)NC1CCSc2ccccc21. The quantitative estimate of drug-likeness (QED) is 0.916. The molecule has 0 fully saturated rings. The maximum absolute atomic E-state index is 12.1. The van der Waals surface area contributed by atoms with E-state index in [1.165, 1.54) is 10.5 Å². The predicted octanol–water partition coefficient (Wildman–Crippen LogP) is 4.07. The first-order valence-electron chi connectivity index (χ1n) is 7.12. The molecule has 1 N–H and O–H groups in total. The van der Waals surface area contributed by atoms with Gasteiger partial charge in [0.05, 0.1) is 6.04 Å². The molecule has 2 aromatic rings. The predicted molar refractivity (Wildman–Crippen MR) is 89.6 cm³/mol. The molecule has 114 valence electrons. The number of thioether (sulfide) groups is 1. The number of hydrogen-bond acceptors (Lipinski definition) is 3. The Balaban J connectivity index is 1.57. The van der Waals surface area contributed by atoms with Crippen LogP contribution in [0.4, 0.5) is 0 Å². The van der Waals surface area contributed by atoms with E-state index in [0.29, 0.717) is 10.8 Å². The lowest BCUT2D eigenvalue weighted by atomic mass is 10.0. The molecule has 0 aromatic heterocycles. The van der Waals surface area contributed by atoms with Gasteiger partial charge < -0.3 is 10.1 Å². The van der Waals surface area contributed by atoms with E-state index in [0.717, 1.165) is 12.2 Å². The van der Waals surface area contributed by atoms with Gasteiger partial charge >= 0.3 is 0 Å². The van der Waals surface area contributed by atoms with Crippen molar-refractivity contribution in [2.24, 2.45) is 0 Å².